The van der Waals surface area contributed by atoms with Gasteiger partial charge in [0.05, 0.1) is 24.1 Å². The van der Waals surface area contributed by atoms with Crippen LogP contribution in [0.15, 0.2) is 24.3 Å². The van der Waals surface area contributed by atoms with E-state index in [1.807, 2.05) is 12.1 Å². The fourth-order valence-corrected chi connectivity index (χ4v) is 1.95. The number of aliphatic carboxylic acids is 1. The third kappa shape index (κ3) is 2.93. The highest BCUT2D eigenvalue weighted by molar-refractivity contribution is 5.92. The summed E-state index contributed by atoms with van der Waals surface area (Å²) in [6.45, 7) is 3.79. The number of hydrogen-bond donors (Lipinski definition) is 1. The fourth-order valence-electron chi connectivity index (χ4n) is 1.95. The standard InChI is InChI=1S/C14H17NO4/c1-14(2,13(17)18)9-10-3-5-11(6-4-10)15-12(16)7-8-19-15/h3-6H,7-9H2,1-2H3,(H,17,18). The van der Waals surface area contributed by atoms with E-state index in [1.165, 1.54) is 5.06 Å². The number of carboxylic acid groups (broad SMARTS) is 1. The minimum atomic E-state index is -0.824. The Morgan fingerprint density at radius 1 is 1.37 bits per heavy atom. The molecule has 0 atom stereocenters. The molecule has 19 heavy (non-hydrogen) atoms. The normalized spacial score (nSPS) is 15.9. The van der Waals surface area contributed by atoms with E-state index in [0.717, 1.165) is 5.56 Å². The average molecular weight is 263 g/mol. The Balaban J connectivity index is 2.11. The van der Waals surface area contributed by atoms with Crippen LogP contribution in [-0.4, -0.2) is 23.6 Å². The summed E-state index contributed by atoms with van der Waals surface area (Å²) in [5.41, 5.74) is 0.795. The van der Waals surface area contributed by atoms with Crippen LogP contribution >= 0.6 is 0 Å². The molecule has 0 bridgehead atoms. The van der Waals surface area contributed by atoms with Gasteiger partial charge in [-0.15, -0.1) is 0 Å². The van der Waals surface area contributed by atoms with Gasteiger partial charge in [0.25, 0.3) is 5.91 Å². The van der Waals surface area contributed by atoms with Crippen molar-refractivity contribution in [3.8, 4) is 0 Å². The van der Waals surface area contributed by atoms with Crippen LogP contribution in [-0.2, 0) is 20.8 Å². The zero-order valence-corrected chi connectivity index (χ0v) is 11.0. The summed E-state index contributed by atoms with van der Waals surface area (Å²) in [5.74, 6) is -0.881. The number of nitrogens with zero attached hydrogens (tertiary/aromatic N) is 1. The summed E-state index contributed by atoms with van der Waals surface area (Å²) in [6.07, 6.45) is 0.839. The van der Waals surface area contributed by atoms with Crippen molar-refractivity contribution in [3.05, 3.63) is 29.8 Å². The Hall–Kier alpha value is -1.88. The molecule has 0 saturated carbocycles. The molecule has 5 heteroatoms. The number of hydrogen-bond acceptors (Lipinski definition) is 3. The fraction of sp³-hybridized carbons (Fsp3) is 0.429. The number of hydroxylamine groups is 1. The number of amides is 1. The van der Waals surface area contributed by atoms with Crippen molar-refractivity contribution < 1.29 is 19.5 Å². The molecule has 1 heterocycles. The van der Waals surface area contributed by atoms with Crippen LogP contribution in [0.5, 0.6) is 0 Å². The van der Waals surface area contributed by atoms with E-state index in [2.05, 4.69) is 0 Å². The lowest BCUT2D eigenvalue weighted by Gasteiger charge is -2.20. The van der Waals surface area contributed by atoms with Gasteiger partial charge < -0.3 is 5.11 Å². The Morgan fingerprint density at radius 3 is 2.47 bits per heavy atom. The lowest BCUT2D eigenvalue weighted by atomic mass is 9.86. The predicted molar refractivity (Wildman–Crippen MR) is 69.6 cm³/mol. The molecule has 0 aromatic heterocycles. The van der Waals surface area contributed by atoms with Crippen LogP contribution in [0.4, 0.5) is 5.69 Å². The quantitative estimate of drug-likeness (QED) is 0.902. The van der Waals surface area contributed by atoms with E-state index in [-0.39, 0.29) is 5.91 Å². The average Bonchev–Trinajstić information content (AvgIpc) is 2.76. The molecule has 0 spiro atoms. The highest BCUT2D eigenvalue weighted by Gasteiger charge is 2.28. The Kier molecular flexibility index (Phi) is 3.57. The molecular weight excluding hydrogens is 246 g/mol. The Morgan fingerprint density at radius 2 is 2.00 bits per heavy atom. The van der Waals surface area contributed by atoms with Crippen molar-refractivity contribution >= 4 is 17.6 Å². The molecular formula is C14H17NO4. The van der Waals surface area contributed by atoms with Gasteiger partial charge >= 0.3 is 5.97 Å². The van der Waals surface area contributed by atoms with Gasteiger partial charge in [-0.3, -0.25) is 14.4 Å². The van der Waals surface area contributed by atoms with Crippen molar-refractivity contribution in [2.24, 2.45) is 5.41 Å². The largest absolute Gasteiger partial charge is 0.481 e. The lowest BCUT2D eigenvalue weighted by Crippen LogP contribution is -2.26. The van der Waals surface area contributed by atoms with Crippen LogP contribution in [0.2, 0.25) is 0 Å². The molecule has 1 aromatic carbocycles. The van der Waals surface area contributed by atoms with Crippen LogP contribution in [0.25, 0.3) is 0 Å². The maximum atomic E-state index is 11.5. The van der Waals surface area contributed by atoms with E-state index in [4.69, 9.17) is 9.94 Å². The molecule has 1 aliphatic heterocycles. The highest BCUT2D eigenvalue weighted by Crippen LogP contribution is 2.25. The van der Waals surface area contributed by atoms with Crippen molar-refractivity contribution in [1.29, 1.82) is 0 Å². The summed E-state index contributed by atoms with van der Waals surface area (Å²) < 4.78 is 0. The Labute approximate surface area is 111 Å². The summed E-state index contributed by atoms with van der Waals surface area (Å²) in [5, 5.41) is 10.4. The first-order valence-electron chi connectivity index (χ1n) is 6.18. The molecule has 1 N–H and O–H groups in total. The molecule has 0 radical (unpaired) electrons. The molecule has 5 nitrogen and oxygen atoms in total. The van der Waals surface area contributed by atoms with Gasteiger partial charge in [0, 0.05) is 0 Å². The van der Waals surface area contributed by atoms with E-state index in [1.54, 1.807) is 26.0 Å². The summed E-state index contributed by atoms with van der Waals surface area (Å²) >= 11 is 0. The van der Waals surface area contributed by atoms with Crippen LogP contribution in [0.3, 0.4) is 0 Å². The van der Waals surface area contributed by atoms with Gasteiger partial charge in [0.1, 0.15) is 0 Å². The first kappa shape index (κ1) is 13.5. The van der Waals surface area contributed by atoms with Crippen molar-refractivity contribution in [3.63, 3.8) is 0 Å². The lowest BCUT2D eigenvalue weighted by molar-refractivity contribution is -0.146. The number of carboxylic acids is 1. The zero-order valence-electron chi connectivity index (χ0n) is 11.0. The maximum Gasteiger partial charge on any atom is 0.309 e. The topological polar surface area (TPSA) is 66.8 Å². The number of rotatable bonds is 4. The molecule has 1 aromatic rings. The number of carbonyl (C=O) groups excluding carboxylic acids is 1. The van der Waals surface area contributed by atoms with Crippen molar-refractivity contribution in [1.82, 2.24) is 0 Å². The third-order valence-electron chi connectivity index (χ3n) is 3.16. The number of carbonyl (C=O) groups is 2. The first-order valence-corrected chi connectivity index (χ1v) is 6.18. The summed E-state index contributed by atoms with van der Waals surface area (Å²) in [7, 11) is 0. The monoisotopic (exact) mass is 263 g/mol. The van der Waals surface area contributed by atoms with Gasteiger partial charge in [0.2, 0.25) is 0 Å². The second kappa shape index (κ2) is 5.01. The smallest absolute Gasteiger partial charge is 0.309 e. The molecule has 0 unspecified atom stereocenters. The van der Waals surface area contributed by atoms with Gasteiger partial charge in [-0.1, -0.05) is 12.1 Å². The number of anilines is 1. The van der Waals surface area contributed by atoms with Crippen LogP contribution in [0.1, 0.15) is 25.8 Å². The molecule has 1 aliphatic rings. The Bertz CT molecular complexity index is 493. The maximum absolute atomic E-state index is 11.5. The molecule has 2 rings (SSSR count). The third-order valence-corrected chi connectivity index (χ3v) is 3.16. The minimum Gasteiger partial charge on any atom is -0.481 e. The van der Waals surface area contributed by atoms with Crippen molar-refractivity contribution in [2.45, 2.75) is 26.7 Å². The zero-order chi connectivity index (χ0) is 14.0. The first-order chi connectivity index (χ1) is 8.90. The molecule has 1 fully saturated rings. The minimum absolute atomic E-state index is 0.0568. The second-order valence-electron chi connectivity index (χ2n) is 5.30. The van der Waals surface area contributed by atoms with Gasteiger partial charge in [-0.05, 0) is 38.0 Å². The van der Waals surface area contributed by atoms with Gasteiger partial charge in [-0.2, -0.15) is 5.06 Å². The molecule has 1 amide bonds. The van der Waals surface area contributed by atoms with E-state index >= 15 is 0 Å². The van der Waals surface area contributed by atoms with Crippen molar-refractivity contribution in [2.75, 3.05) is 11.7 Å². The predicted octanol–water partition coefficient (Wildman–Crippen LogP) is 2.01. The molecule has 1 saturated heterocycles. The summed E-state index contributed by atoms with van der Waals surface area (Å²) in [4.78, 5) is 27.8. The summed E-state index contributed by atoms with van der Waals surface area (Å²) in [6, 6.07) is 7.21. The molecule has 102 valence electrons. The van der Waals surface area contributed by atoms with E-state index in [9.17, 15) is 9.59 Å². The van der Waals surface area contributed by atoms with Gasteiger partial charge in [0.15, 0.2) is 0 Å². The molecule has 0 aliphatic carbocycles. The van der Waals surface area contributed by atoms with E-state index < -0.39 is 11.4 Å². The van der Waals surface area contributed by atoms with Crippen LogP contribution < -0.4 is 5.06 Å². The second-order valence-corrected chi connectivity index (χ2v) is 5.30. The van der Waals surface area contributed by atoms with Crippen LogP contribution in [0, 0.1) is 5.41 Å². The van der Waals surface area contributed by atoms with E-state index in [0.29, 0.717) is 25.1 Å². The van der Waals surface area contributed by atoms with Gasteiger partial charge in [-0.25, -0.2) is 0 Å². The highest BCUT2D eigenvalue weighted by atomic mass is 16.7. The SMILES string of the molecule is CC(C)(Cc1ccc(N2OCCC2=O)cc1)C(=O)O. The number of benzene rings is 1.